The number of thioether (sulfide) groups is 1. The number of hydrogen-bond donors (Lipinski definition) is 2. The van der Waals surface area contributed by atoms with Crippen molar-refractivity contribution in [2.45, 2.75) is 17.4 Å². The third kappa shape index (κ3) is 5.34. The van der Waals surface area contributed by atoms with Crippen LogP contribution in [0.15, 0.2) is 64.5 Å². The van der Waals surface area contributed by atoms with Gasteiger partial charge in [0.05, 0.1) is 4.90 Å². The average molecular weight is 447 g/mol. The van der Waals surface area contributed by atoms with Crippen molar-refractivity contribution >= 4 is 39.2 Å². The third-order valence-corrected chi connectivity index (χ3v) is 6.83. The first-order valence-electron chi connectivity index (χ1n) is 9.65. The molecule has 0 saturated carbocycles. The Morgan fingerprint density at radius 2 is 1.87 bits per heavy atom. The van der Waals surface area contributed by atoms with E-state index >= 15 is 0 Å². The molecule has 0 spiro atoms. The molecule has 2 aromatic rings. The molecular formula is C21H26N4O3S2. The molecule has 3 rings (SSSR count). The van der Waals surface area contributed by atoms with Crippen LogP contribution in [0.2, 0.25) is 0 Å². The molecule has 0 aromatic heterocycles. The molecule has 0 aliphatic carbocycles. The van der Waals surface area contributed by atoms with Gasteiger partial charge in [-0.3, -0.25) is 14.5 Å². The molecule has 0 saturated heterocycles. The van der Waals surface area contributed by atoms with Crippen LogP contribution in [0.25, 0.3) is 0 Å². The molecule has 1 aliphatic heterocycles. The maximum absolute atomic E-state index is 12.8. The van der Waals surface area contributed by atoms with Crippen molar-refractivity contribution in [2.75, 3.05) is 37.0 Å². The number of likely N-dealkylation sites (N-methyl/N-ethyl adjacent to an activating group) is 1. The summed E-state index contributed by atoms with van der Waals surface area (Å²) in [5, 5.41) is 2.94. The van der Waals surface area contributed by atoms with Crippen molar-refractivity contribution in [3.63, 3.8) is 0 Å². The Morgan fingerprint density at radius 1 is 1.17 bits per heavy atom. The van der Waals surface area contributed by atoms with Gasteiger partial charge in [0.2, 0.25) is 5.91 Å². The highest BCUT2D eigenvalue weighted by Crippen LogP contribution is 2.23. The van der Waals surface area contributed by atoms with E-state index in [0.29, 0.717) is 25.1 Å². The van der Waals surface area contributed by atoms with Crippen molar-refractivity contribution in [3.8, 4) is 0 Å². The van der Waals surface area contributed by atoms with E-state index in [9.17, 15) is 13.2 Å². The smallest absolute Gasteiger partial charge is 0.263 e. The van der Waals surface area contributed by atoms with E-state index in [2.05, 4.69) is 19.9 Å². The van der Waals surface area contributed by atoms with E-state index < -0.39 is 16.1 Å². The van der Waals surface area contributed by atoms with Crippen molar-refractivity contribution in [1.82, 2.24) is 10.0 Å². The Hall–Kier alpha value is -2.52. The largest absolute Gasteiger partial charge is 0.373 e. The Labute approximate surface area is 182 Å². The quantitative estimate of drug-likeness (QED) is 0.616. The van der Waals surface area contributed by atoms with Gasteiger partial charge in [-0.15, -0.1) is 0 Å². The fourth-order valence-corrected chi connectivity index (χ4v) is 4.84. The molecule has 0 unspecified atom stereocenters. The molecule has 1 heterocycles. The van der Waals surface area contributed by atoms with Crippen molar-refractivity contribution in [2.24, 2.45) is 4.99 Å². The Morgan fingerprint density at radius 3 is 2.60 bits per heavy atom. The second kappa shape index (κ2) is 9.99. The second-order valence-corrected chi connectivity index (χ2v) is 9.56. The minimum absolute atomic E-state index is 0.192. The summed E-state index contributed by atoms with van der Waals surface area (Å²) < 4.78 is 27.1. The van der Waals surface area contributed by atoms with E-state index in [4.69, 9.17) is 0 Å². The molecule has 9 heteroatoms. The zero-order valence-corrected chi connectivity index (χ0v) is 18.7. The minimum atomic E-state index is -3.63. The highest BCUT2D eigenvalue weighted by Gasteiger charge is 2.31. The number of hydrogen-bond acceptors (Lipinski definition) is 6. The van der Waals surface area contributed by atoms with Crippen LogP contribution in [0, 0.1) is 0 Å². The Kier molecular flexibility index (Phi) is 7.38. The molecule has 0 bridgehead atoms. The summed E-state index contributed by atoms with van der Waals surface area (Å²) in [6.07, 6.45) is 2.49. The Balaban J connectivity index is 1.68. The molecular weight excluding hydrogens is 420 g/mol. The van der Waals surface area contributed by atoms with Gasteiger partial charge >= 0.3 is 0 Å². The maximum atomic E-state index is 12.8. The van der Waals surface area contributed by atoms with Crippen molar-refractivity contribution in [3.05, 3.63) is 60.2 Å². The molecule has 1 aliphatic rings. The molecule has 0 radical (unpaired) electrons. The normalized spacial score (nSPS) is 16.5. The number of sulfonamides is 1. The monoisotopic (exact) mass is 446 g/mol. The lowest BCUT2D eigenvalue weighted by Gasteiger charge is -2.20. The predicted molar refractivity (Wildman–Crippen MR) is 123 cm³/mol. The van der Waals surface area contributed by atoms with Crippen LogP contribution >= 0.6 is 11.8 Å². The first-order chi connectivity index (χ1) is 14.4. The number of carbonyl (C=O) groups is 1. The Bertz CT molecular complexity index is 1010. The first kappa shape index (κ1) is 22.2. The standard InChI is InChI=1S/C21H26N4O3S2/c1-25(16-8-4-3-5-9-16)14-13-22-21(26)18(12-15-29-2)23-20-17-10-6-7-11-19(17)30(27,28)24-20/h3-11,18H,12-15H2,1-2H3,(H,22,26)(H,23,24)/t18-/m1/s1. The van der Waals surface area contributed by atoms with Crippen LogP contribution in [-0.4, -0.2) is 58.3 Å². The van der Waals surface area contributed by atoms with Gasteiger partial charge in [-0.25, -0.2) is 8.42 Å². The van der Waals surface area contributed by atoms with E-state index in [1.807, 2.05) is 43.6 Å². The number of amides is 1. The number of rotatable bonds is 9. The van der Waals surface area contributed by atoms with Crippen LogP contribution in [0.4, 0.5) is 5.69 Å². The zero-order valence-electron chi connectivity index (χ0n) is 17.0. The molecule has 7 nitrogen and oxygen atoms in total. The number of nitrogens with zero attached hydrogens (tertiary/aromatic N) is 2. The molecule has 0 fully saturated rings. The van der Waals surface area contributed by atoms with Gasteiger partial charge < -0.3 is 10.2 Å². The van der Waals surface area contributed by atoms with Crippen LogP contribution in [0.1, 0.15) is 12.0 Å². The summed E-state index contributed by atoms with van der Waals surface area (Å²) in [4.78, 5) is 19.6. The first-order valence-corrected chi connectivity index (χ1v) is 12.5. The summed E-state index contributed by atoms with van der Waals surface area (Å²) in [5.41, 5.74) is 1.58. The number of nitrogens with one attached hydrogen (secondary N) is 2. The molecule has 160 valence electrons. The topological polar surface area (TPSA) is 90.9 Å². The fourth-order valence-electron chi connectivity index (χ4n) is 3.15. The minimum Gasteiger partial charge on any atom is -0.373 e. The van der Waals surface area contributed by atoms with E-state index in [1.165, 1.54) is 6.07 Å². The van der Waals surface area contributed by atoms with Gasteiger partial charge in [-0.1, -0.05) is 30.3 Å². The van der Waals surface area contributed by atoms with E-state index in [-0.39, 0.29) is 16.6 Å². The molecule has 30 heavy (non-hydrogen) atoms. The van der Waals surface area contributed by atoms with Gasteiger partial charge in [0.15, 0.2) is 0 Å². The van der Waals surface area contributed by atoms with Gasteiger partial charge in [0, 0.05) is 31.4 Å². The highest BCUT2D eigenvalue weighted by atomic mass is 32.2. The van der Waals surface area contributed by atoms with Crippen LogP contribution in [0.5, 0.6) is 0 Å². The maximum Gasteiger partial charge on any atom is 0.263 e. The highest BCUT2D eigenvalue weighted by molar-refractivity contribution is 7.98. The SMILES string of the molecule is CSCC[C@@H](N=C1NS(=O)(=O)c2ccccc21)C(=O)NCCN(C)c1ccccc1. The molecule has 2 aromatic carbocycles. The van der Waals surface area contributed by atoms with E-state index in [0.717, 1.165) is 11.4 Å². The lowest BCUT2D eigenvalue weighted by Crippen LogP contribution is -2.39. The van der Waals surface area contributed by atoms with Crippen LogP contribution in [-0.2, 0) is 14.8 Å². The van der Waals surface area contributed by atoms with Crippen LogP contribution < -0.4 is 14.9 Å². The third-order valence-electron chi connectivity index (χ3n) is 4.79. The lowest BCUT2D eigenvalue weighted by molar-refractivity contribution is -0.122. The number of aliphatic imine (C=N–C) groups is 1. The van der Waals surface area contributed by atoms with Gasteiger partial charge in [-0.05, 0) is 42.7 Å². The second-order valence-electron chi connectivity index (χ2n) is 6.92. The number of anilines is 1. The molecule has 1 amide bonds. The zero-order chi connectivity index (χ0) is 21.6. The number of benzene rings is 2. The number of amidine groups is 1. The number of carbonyl (C=O) groups excluding carboxylic acids is 1. The summed E-state index contributed by atoms with van der Waals surface area (Å²) in [5.74, 6) is 0.766. The van der Waals surface area contributed by atoms with Crippen molar-refractivity contribution < 1.29 is 13.2 Å². The summed E-state index contributed by atoms with van der Waals surface area (Å²) in [6.45, 7) is 1.12. The summed E-state index contributed by atoms with van der Waals surface area (Å²) in [6, 6.07) is 15.9. The van der Waals surface area contributed by atoms with Crippen LogP contribution in [0.3, 0.4) is 0 Å². The summed E-state index contributed by atoms with van der Waals surface area (Å²) >= 11 is 1.62. The van der Waals surface area contributed by atoms with Gasteiger partial charge in [0.1, 0.15) is 11.9 Å². The summed E-state index contributed by atoms with van der Waals surface area (Å²) in [7, 11) is -1.66. The average Bonchev–Trinajstić information content (AvgIpc) is 3.01. The predicted octanol–water partition coefficient (Wildman–Crippen LogP) is 2.10. The van der Waals surface area contributed by atoms with Gasteiger partial charge in [0.25, 0.3) is 10.0 Å². The number of para-hydroxylation sites is 1. The number of fused-ring (bicyclic) bond motifs is 1. The lowest BCUT2D eigenvalue weighted by atomic mass is 10.2. The van der Waals surface area contributed by atoms with E-state index in [1.54, 1.807) is 30.0 Å². The van der Waals surface area contributed by atoms with Crippen molar-refractivity contribution in [1.29, 1.82) is 0 Å². The molecule has 2 N–H and O–H groups in total. The fraction of sp³-hybridized carbons (Fsp3) is 0.333. The van der Waals surface area contributed by atoms with Gasteiger partial charge in [-0.2, -0.15) is 11.8 Å². The molecule has 1 atom stereocenters.